The largest absolute Gasteiger partial charge is 0.306 e. The lowest BCUT2D eigenvalue weighted by molar-refractivity contribution is -0.387. The van der Waals surface area contributed by atoms with E-state index in [1.54, 1.807) is 6.08 Å². The van der Waals surface area contributed by atoms with Crippen molar-refractivity contribution in [3.05, 3.63) is 45.8 Å². The molecule has 108 valence electrons. The van der Waals surface area contributed by atoms with Gasteiger partial charge in [0.2, 0.25) is 15.8 Å². The Hall–Kier alpha value is -1.80. The lowest BCUT2D eigenvalue weighted by Crippen LogP contribution is -2.33. The molecule has 0 N–H and O–H groups in total. The van der Waals surface area contributed by atoms with Crippen LogP contribution in [-0.2, 0) is 10.0 Å². The van der Waals surface area contributed by atoms with Gasteiger partial charge in [-0.15, -0.1) is 0 Å². The first-order chi connectivity index (χ1) is 9.34. The standard InChI is InChI=1S/C12H13FN2O4S/c1-9-7-10(8-11(12(9)13)15(16)17)20(18,19)14-5-3-2-4-6-14/h2-3,7-8H,4-6H2,1H3. The third-order valence-corrected chi connectivity index (χ3v) is 4.91. The molecule has 1 aliphatic rings. The first kappa shape index (κ1) is 14.6. The normalized spacial score (nSPS) is 16.3. The molecule has 6 nitrogen and oxygen atoms in total. The number of hydrogen-bond donors (Lipinski definition) is 0. The number of nitro groups is 1. The molecule has 2 rings (SSSR count). The molecule has 1 aromatic rings. The lowest BCUT2D eigenvalue weighted by Gasteiger charge is -2.22. The molecule has 1 aliphatic heterocycles. The van der Waals surface area contributed by atoms with Crippen LogP contribution in [0.4, 0.5) is 10.1 Å². The molecule has 8 heteroatoms. The molecule has 0 radical (unpaired) electrons. The maximum atomic E-state index is 13.6. The predicted molar refractivity (Wildman–Crippen MR) is 70.3 cm³/mol. The van der Waals surface area contributed by atoms with E-state index in [1.165, 1.54) is 11.2 Å². The van der Waals surface area contributed by atoms with E-state index >= 15 is 0 Å². The van der Waals surface area contributed by atoms with E-state index in [4.69, 9.17) is 0 Å². The summed E-state index contributed by atoms with van der Waals surface area (Å²) in [6.07, 6.45) is 4.16. The average Bonchev–Trinajstić information content (AvgIpc) is 2.42. The molecule has 0 saturated carbocycles. The predicted octanol–water partition coefficient (Wildman–Crippen LogP) is 1.99. The van der Waals surface area contributed by atoms with Crippen LogP contribution in [0.25, 0.3) is 0 Å². The molecule has 0 aromatic heterocycles. The molecule has 0 aliphatic carbocycles. The molecule has 1 heterocycles. The third-order valence-electron chi connectivity index (χ3n) is 3.06. The van der Waals surface area contributed by atoms with Crippen LogP contribution in [0.3, 0.4) is 0 Å². The highest BCUT2D eigenvalue weighted by Crippen LogP contribution is 2.27. The Labute approximate surface area is 115 Å². The van der Waals surface area contributed by atoms with E-state index < -0.39 is 26.5 Å². The van der Waals surface area contributed by atoms with Gasteiger partial charge in [-0.25, -0.2) is 8.42 Å². The summed E-state index contributed by atoms with van der Waals surface area (Å²) in [5.74, 6) is -1.01. The molecule has 0 saturated heterocycles. The third kappa shape index (κ3) is 2.56. The molecule has 0 spiro atoms. The number of benzene rings is 1. The SMILES string of the molecule is Cc1cc(S(=O)(=O)N2CC=CCC2)cc([N+](=O)[O-])c1F. The van der Waals surface area contributed by atoms with Gasteiger partial charge in [0.15, 0.2) is 0 Å². The van der Waals surface area contributed by atoms with E-state index in [1.807, 2.05) is 6.08 Å². The van der Waals surface area contributed by atoms with Crippen LogP contribution in [0.15, 0.2) is 29.2 Å². The van der Waals surface area contributed by atoms with Gasteiger partial charge in [0.25, 0.3) is 0 Å². The summed E-state index contributed by atoms with van der Waals surface area (Å²) in [7, 11) is -3.85. The van der Waals surface area contributed by atoms with Crippen LogP contribution in [-0.4, -0.2) is 30.7 Å². The number of halogens is 1. The smallest absolute Gasteiger partial charge is 0.258 e. The van der Waals surface area contributed by atoms with Gasteiger partial charge in [-0.2, -0.15) is 8.70 Å². The summed E-state index contributed by atoms with van der Waals surface area (Å²) >= 11 is 0. The number of sulfonamides is 1. The van der Waals surface area contributed by atoms with Crippen molar-refractivity contribution < 1.29 is 17.7 Å². The fourth-order valence-electron chi connectivity index (χ4n) is 1.99. The van der Waals surface area contributed by atoms with Crippen molar-refractivity contribution in [3.8, 4) is 0 Å². The fourth-order valence-corrected chi connectivity index (χ4v) is 3.50. The molecular formula is C12H13FN2O4S. The molecule has 1 aromatic carbocycles. The van der Waals surface area contributed by atoms with Crippen LogP contribution in [0.5, 0.6) is 0 Å². The number of aryl methyl sites for hydroxylation is 1. The van der Waals surface area contributed by atoms with Crippen LogP contribution in [0, 0.1) is 22.9 Å². The Morgan fingerprint density at radius 3 is 2.60 bits per heavy atom. The van der Waals surface area contributed by atoms with E-state index in [9.17, 15) is 22.9 Å². The molecule has 0 unspecified atom stereocenters. The van der Waals surface area contributed by atoms with Crippen molar-refractivity contribution in [2.75, 3.05) is 13.1 Å². The van der Waals surface area contributed by atoms with Gasteiger partial charge in [-0.05, 0) is 25.0 Å². The van der Waals surface area contributed by atoms with Gasteiger partial charge in [0, 0.05) is 19.2 Å². The van der Waals surface area contributed by atoms with E-state index in [-0.39, 0.29) is 17.0 Å². The minimum Gasteiger partial charge on any atom is -0.258 e. The summed E-state index contributed by atoms with van der Waals surface area (Å²) in [6, 6.07) is 1.89. The Morgan fingerprint density at radius 1 is 1.35 bits per heavy atom. The minimum absolute atomic E-state index is 0.0645. The number of rotatable bonds is 3. The summed E-state index contributed by atoms with van der Waals surface area (Å²) in [5.41, 5.74) is -0.888. The van der Waals surface area contributed by atoms with Crippen LogP contribution in [0.2, 0.25) is 0 Å². The van der Waals surface area contributed by atoms with Crippen molar-refractivity contribution in [1.29, 1.82) is 0 Å². The second-order valence-corrected chi connectivity index (χ2v) is 6.39. The van der Waals surface area contributed by atoms with Crippen LogP contribution < -0.4 is 0 Å². The molecule has 0 fully saturated rings. The Bertz CT molecular complexity index is 685. The first-order valence-electron chi connectivity index (χ1n) is 5.93. The van der Waals surface area contributed by atoms with Gasteiger partial charge in [-0.1, -0.05) is 12.2 Å². The highest BCUT2D eigenvalue weighted by atomic mass is 32.2. The maximum absolute atomic E-state index is 13.6. The van der Waals surface area contributed by atoms with Gasteiger partial charge in [0.05, 0.1) is 9.82 Å². The van der Waals surface area contributed by atoms with Crippen molar-refractivity contribution >= 4 is 15.7 Å². The topological polar surface area (TPSA) is 80.5 Å². The molecule has 0 amide bonds. The van der Waals surface area contributed by atoms with E-state index in [0.717, 1.165) is 12.1 Å². The number of nitrogens with zero attached hydrogens (tertiary/aromatic N) is 2. The monoisotopic (exact) mass is 300 g/mol. The molecule has 0 atom stereocenters. The molecule has 0 bridgehead atoms. The highest BCUT2D eigenvalue weighted by molar-refractivity contribution is 7.89. The lowest BCUT2D eigenvalue weighted by atomic mass is 10.2. The maximum Gasteiger partial charge on any atom is 0.306 e. The fraction of sp³-hybridized carbons (Fsp3) is 0.333. The summed E-state index contributed by atoms with van der Waals surface area (Å²) < 4.78 is 39.6. The quantitative estimate of drug-likeness (QED) is 0.486. The summed E-state index contributed by atoms with van der Waals surface area (Å²) in [5, 5.41) is 10.8. The first-order valence-corrected chi connectivity index (χ1v) is 7.37. The van der Waals surface area contributed by atoms with Gasteiger partial charge >= 0.3 is 5.69 Å². The Morgan fingerprint density at radius 2 is 2.05 bits per heavy atom. The zero-order valence-electron chi connectivity index (χ0n) is 10.7. The Kier molecular flexibility index (Phi) is 3.87. The zero-order valence-corrected chi connectivity index (χ0v) is 11.6. The van der Waals surface area contributed by atoms with Crippen LogP contribution >= 0.6 is 0 Å². The van der Waals surface area contributed by atoms with Crippen molar-refractivity contribution in [3.63, 3.8) is 0 Å². The van der Waals surface area contributed by atoms with Crippen molar-refractivity contribution in [2.24, 2.45) is 0 Å². The van der Waals surface area contributed by atoms with Gasteiger partial charge < -0.3 is 0 Å². The number of nitro benzene ring substituents is 1. The van der Waals surface area contributed by atoms with Crippen molar-refractivity contribution in [2.45, 2.75) is 18.2 Å². The minimum atomic E-state index is -3.85. The molecule has 20 heavy (non-hydrogen) atoms. The second-order valence-electron chi connectivity index (χ2n) is 4.45. The number of hydrogen-bond acceptors (Lipinski definition) is 4. The van der Waals surface area contributed by atoms with Gasteiger partial charge in [0.1, 0.15) is 0 Å². The highest BCUT2D eigenvalue weighted by Gasteiger charge is 2.28. The molecular weight excluding hydrogens is 287 g/mol. The zero-order chi connectivity index (χ0) is 14.9. The van der Waals surface area contributed by atoms with Crippen LogP contribution in [0.1, 0.15) is 12.0 Å². The second kappa shape index (κ2) is 5.29. The van der Waals surface area contributed by atoms with Crippen molar-refractivity contribution in [1.82, 2.24) is 4.31 Å². The summed E-state index contributed by atoms with van der Waals surface area (Å²) in [4.78, 5) is 9.60. The van der Waals surface area contributed by atoms with Gasteiger partial charge in [-0.3, -0.25) is 10.1 Å². The average molecular weight is 300 g/mol. The Balaban J connectivity index is 2.52. The van der Waals surface area contributed by atoms with E-state index in [0.29, 0.717) is 13.0 Å². The van der Waals surface area contributed by atoms with E-state index in [2.05, 4.69) is 0 Å². The summed E-state index contributed by atoms with van der Waals surface area (Å²) in [6.45, 7) is 1.83.